The van der Waals surface area contributed by atoms with Crippen molar-refractivity contribution >= 4 is 0 Å². The summed E-state index contributed by atoms with van der Waals surface area (Å²) in [5.74, 6) is 0. The molecule has 0 aromatic heterocycles. The highest BCUT2D eigenvalue weighted by atomic mass is 15.2. The average Bonchev–Trinajstić information content (AvgIpc) is 2.29. The number of piperidine rings is 2. The summed E-state index contributed by atoms with van der Waals surface area (Å²) in [7, 11) is 2.24. The number of nitrogens with zero attached hydrogens (tertiary/aromatic N) is 2. The molecule has 0 aromatic carbocycles. The second kappa shape index (κ2) is 7.38. The molecule has 2 saturated heterocycles. The molecule has 0 unspecified atom stereocenters. The Balaban J connectivity index is 0.000000228. The van der Waals surface area contributed by atoms with Gasteiger partial charge in [0.15, 0.2) is 0 Å². The zero-order chi connectivity index (χ0) is 11.9. The lowest BCUT2D eigenvalue weighted by atomic mass is 10.0. The van der Waals surface area contributed by atoms with E-state index in [0.29, 0.717) is 0 Å². The van der Waals surface area contributed by atoms with Gasteiger partial charge in [0.05, 0.1) is 0 Å². The highest BCUT2D eigenvalue weighted by molar-refractivity contribution is 4.80. The highest BCUT2D eigenvalue weighted by Crippen LogP contribution is 2.19. The van der Waals surface area contributed by atoms with E-state index in [2.05, 4.69) is 16.8 Å². The van der Waals surface area contributed by atoms with Gasteiger partial charge in [0, 0.05) is 6.04 Å². The van der Waals surface area contributed by atoms with E-state index in [1.165, 1.54) is 84.0 Å². The van der Waals surface area contributed by atoms with E-state index < -0.39 is 0 Å². The number of hydrogen-bond donors (Lipinski definition) is 0. The van der Waals surface area contributed by atoms with Gasteiger partial charge in [-0.2, -0.15) is 0 Å². The van der Waals surface area contributed by atoms with E-state index in [4.69, 9.17) is 0 Å². The minimum absolute atomic E-state index is 0.913. The van der Waals surface area contributed by atoms with E-state index in [0.717, 1.165) is 6.04 Å². The maximum absolute atomic E-state index is 2.73. The Morgan fingerprint density at radius 2 is 1.12 bits per heavy atom. The summed E-state index contributed by atoms with van der Waals surface area (Å²) < 4.78 is 0. The number of likely N-dealkylation sites (tertiary alicyclic amines) is 2. The van der Waals surface area contributed by atoms with Crippen molar-refractivity contribution in [1.29, 1.82) is 0 Å². The van der Waals surface area contributed by atoms with Crippen molar-refractivity contribution in [3.05, 3.63) is 0 Å². The molecule has 0 N–H and O–H groups in total. The molecule has 1 aliphatic carbocycles. The fourth-order valence-electron chi connectivity index (χ4n) is 2.89. The largest absolute Gasteiger partial charge is 0.306 e. The molecular formula is C15H30N2. The lowest BCUT2D eigenvalue weighted by molar-refractivity contribution is 0.103. The molecule has 0 spiro atoms. The van der Waals surface area contributed by atoms with Crippen LogP contribution in [0.2, 0.25) is 0 Å². The Kier molecular flexibility index (Phi) is 5.79. The van der Waals surface area contributed by atoms with E-state index >= 15 is 0 Å². The summed E-state index contributed by atoms with van der Waals surface area (Å²) in [6, 6.07) is 0.913. The third-order valence-electron chi connectivity index (χ3n) is 4.60. The molecule has 0 bridgehead atoms. The van der Waals surface area contributed by atoms with Crippen LogP contribution in [0.15, 0.2) is 0 Å². The van der Waals surface area contributed by atoms with E-state index in [1.807, 2.05) is 0 Å². The van der Waals surface area contributed by atoms with Crippen LogP contribution in [-0.4, -0.2) is 49.1 Å². The van der Waals surface area contributed by atoms with Gasteiger partial charge in [-0.15, -0.1) is 0 Å². The van der Waals surface area contributed by atoms with Crippen molar-refractivity contribution in [3.63, 3.8) is 0 Å². The average molecular weight is 238 g/mol. The van der Waals surface area contributed by atoms with E-state index in [-0.39, 0.29) is 0 Å². The molecule has 3 rings (SSSR count). The molecule has 17 heavy (non-hydrogen) atoms. The molecule has 2 heterocycles. The molecule has 100 valence electrons. The molecule has 2 heteroatoms. The van der Waals surface area contributed by atoms with Gasteiger partial charge >= 0.3 is 0 Å². The third kappa shape index (κ3) is 4.59. The monoisotopic (exact) mass is 238 g/mol. The first-order valence-corrected chi connectivity index (χ1v) is 7.79. The molecule has 3 aliphatic rings. The first kappa shape index (κ1) is 13.4. The molecule has 1 saturated carbocycles. The Bertz CT molecular complexity index is 183. The molecule has 0 aromatic rings. The maximum Gasteiger partial charge on any atom is 0.0120 e. The van der Waals surface area contributed by atoms with Gasteiger partial charge in [0.2, 0.25) is 0 Å². The van der Waals surface area contributed by atoms with Crippen molar-refractivity contribution in [2.45, 2.75) is 63.8 Å². The molecule has 3 fully saturated rings. The predicted molar refractivity (Wildman–Crippen MR) is 74.4 cm³/mol. The second-order valence-electron chi connectivity index (χ2n) is 6.05. The summed E-state index contributed by atoms with van der Waals surface area (Å²) in [6.45, 7) is 5.35. The van der Waals surface area contributed by atoms with Gasteiger partial charge in [0.25, 0.3) is 0 Å². The first-order chi connectivity index (χ1) is 8.36. The molecular weight excluding hydrogens is 208 g/mol. The fraction of sp³-hybridized carbons (Fsp3) is 1.00. The Hall–Kier alpha value is -0.0800. The normalized spacial score (nSPS) is 28.1. The summed E-state index contributed by atoms with van der Waals surface area (Å²) >= 11 is 0. The first-order valence-electron chi connectivity index (χ1n) is 7.79. The summed E-state index contributed by atoms with van der Waals surface area (Å²) in [5.41, 5.74) is 0. The minimum Gasteiger partial charge on any atom is -0.306 e. The lowest BCUT2D eigenvalue weighted by Gasteiger charge is -2.39. The van der Waals surface area contributed by atoms with Gasteiger partial charge in [-0.25, -0.2) is 0 Å². The Morgan fingerprint density at radius 1 is 0.647 bits per heavy atom. The zero-order valence-corrected chi connectivity index (χ0v) is 11.7. The summed E-state index contributed by atoms with van der Waals surface area (Å²) in [5, 5.41) is 0. The molecule has 0 amide bonds. The van der Waals surface area contributed by atoms with Crippen LogP contribution in [0.5, 0.6) is 0 Å². The fourth-order valence-corrected chi connectivity index (χ4v) is 2.89. The van der Waals surface area contributed by atoms with Gasteiger partial charge in [-0.05, 0) is 58.9 Å². The zero-order valence-electron chi connectivity index (χ0n) is 11.7. The lowest BCUT2D eigenvalue weighted by Crippen LogP contribution is -2.45. The van der Waals surface area contributed by atoms with Crippen LogP contribution in [0.1, 0.15) is 57.8 Å². The number of hydrogen-bond acceptors (Lipinski definition) is 2. The van der Waals surface area contributed by atoms with Crippen molar-refractivity contribution < 1.29 is 0 Å². The van der Waals surface area contributed by atoms with E-state index in [9.17, 15) is 0 Å². The molecule has 0 atom stereocenters. The Labute approximate surface area is 107 Å². The van der Waals surface area contributed by atoms with E-state index in [1.54, 1.807) is 0 Å². The molecule has 0 radical (unpaired) electrons. The van der Waals surface area contributed by atoms with Gasteiger partial charge < -0.3 is 9.80 Å². The van der Waals surface area contributed by atoms with Crippen LogP contribution < -0.4 is 0 Å². The van der Waals surface area contributed by atoms with Gasteiger partial charge in [0.1, 0.15) is 0 Å². The SMILES string of the molecule is C1CCC1.CN1CCC(N2CCCCC2)CC1. The summed E-state index contributed by atoms with van der Waals surface area (Å²) in [4.78, 5) is 5.19. The van der Waals surface area contributed by atoms with Crippen LogP contribution >= 0.6 is 0 Å². The van der Waals surface area contributed by atoms with Crippen LogP contribution in [0.3, 0.4) is 0 Å². The number of rotatable bonds is 1. The highest BCUT2D eigenvalue weighted by Gasteiger charge is 2.23. The van der Waals surface area contributed by atoms with Crippen LogP contribution in [0.25, 0.3) is 0 Å². The quantitative estimate of drug-likeness (QED) is 0.692. The topological polar surface area (TPSA) is 6.48 Å². The van der Waals surface area contributed by atoms with Crippen molar-refractivity contribution in [2.75, 3.05) is 33.2 Å². The van der Waals surface area contributed by atoms with Crippen LogP contribution in [0.4, 0.5) is 0 Å². The molecule has 2 aliphatic heterocycles. The van der Waals surface area contributed by atoms with Gasteiger partial charge in [-0.3, -0.25) is 0 Å². The third-order valence-corrected chi connectivity index (χ3v) is 4.60. The van der Waals surface area contributed by atoms with Crippen molar-refractivity contribution in [1.82, 2.24) is 9.80 Å². The van der Waals surface area contributed by atoms with Crippen molar-refractivity contribution in [3.8, 4) is 0 Å². The molecule has 2 nitrogen and oxygen atoms in total. The second-order valence-corrected chi connectivity index (χ2v) is 6.05. The predicted octanol–water partition coefficient (Wildman–Crippen LogP) is 3.13. The maximum atomic E-state index is 2.73. The minimum atomic E-state index is 0.913. The van der Waals surface area contributed by atoms with Crippen LogP contribution in [0, 0.1) is 0 Å². The van der Waals surface area contributed by atoms with Crippen LogP contribution in [-0.2, 0) is 0 Å². The summed E-state index contributed by atoms with van der Waals surface area (Å²) in [6.07, 6.45) is 13.1. The Morgan fingerprint density at radius 3 is 1.59 bits per heavy atom. The smallest absolute Gasteiger partial charge is 0.0120 e. The standard InChI is InChI=1S/C11H22N2.C4H8/c1-12-9-5-11(6-10-12)13-7-3-2-4-8-13;1-2-4-3-1/h11H,2-10H2,1H3;1-4H2. The van der Waals surface area contributed by atoms with Gasteiger partial charge in [-0.1, -0.05) is 32.1 Å². The van der Waals surface area contributed by atoms with Crippen molar-refractivity contribution in [2.24, 2.45) is 0 Å².